The minimum atomic E-state index is -0.331. The molecule has 1 amide bonds. The standard InChI is InChI=1S/C20H21N5O/c1-12-17(24-13(2)20(26)25(3)4)8-9-18(23-12)16-11-22-19-14(10-21)6-5-7-15(16)19/h5-9,11,13,22,24H,1-4H3. The average Bonchev–Trinajstić information content (AvgIpc) is 3.06. The van der Waals surface area contributed by atoms with Crippen LogP contribution >= 0.6 is 0 Å². The molecular weight excluding hydrogens is 326 g/mol. The number of aryl methyl sites for hydroxylation is 1. The van der Waals surface area contributed by atoms with Crippen molar-refractivity contribution in [2.24, 2.45) is 0 Å². The van der Waals surface area contributed by atoms with Crippen LogP contribution in [0.5, 0.6) is 0 Å². The van der Waals surface area contributed by atoms with Gasteiger partial charge >= 0.3 is 0 Å². The first-order valence-corrected chi connectivity index (χ1v) is 8.38. The number of rotatable bonds is 4. The summed E-state index contributed by atoms with van der Waals surface area (Å²) in [5, 5.41) is 13.4. The van der Waals surface area contributed by atoms with Crippen LogP contribution < -0.4 is 5.32 Å². The van der Waals surface area contributed by atoms with Crippen LogP contribution in [0.15, 0.2) is 36.5 Å². The van der Waals surface area contributed by atoms with Crippen LogP contribution in [0.2, 0.25) is 0 Å². The Labute approximate surface area is 152 Å². The Balaban J connectivity index is 1.94. The fraction of sp³-hybridized carbons (Fsp3) is 0.250. The highest BCUT2D eigenvalue weighted by Crippen LogP contribution is 2.30. The molecule has 132 valence electrons. The number of pyridine rings is 1. The number of aromatic nitrogens is 2. The Kier molecular flexibility index (Phi) is 4.63. The van der Waals surface area contributed by atoms with E-state index in [1.807, 2.05) is 44.3 Å². The number of benzene rings is 1. The first kappa shape index (κ1) is 17.5. The number of fused-ring (bicyclic) bond motifs is 1. The second kappa shape index (κ2) is 6.89. The van der Waals surface area contributed by atoms with Gasteiger partial charge in [0.25, 0.3) is 0 Å². The largest absolute Gasteiger partial charge is 0.372 e. The zero-order chi connectivity index (χ0) is 18.8. The zero-order valence-corrected chi connectivity index (χ0v) is 15.3. The lowest BCUT2D eigenvalue weighted by atomic mass is 10.1. The van der Waals surface area contributed by atoms with Crippen LogP contribution in [-0.2, 0) is 4.79 Å². The Morgan fingerprint density at radius 1 is 1.31 bits per heavy atom. The molecule has 0 spiro atoms. The number of para-hydroxylation sites is 1. The molecule has 6 nitrogen and oxygen atoms in total. The normalized spacial score (nSPS) is 11.8. The second-order valence-corrected chi connectivity index (χ2v) is 6.47. The fourth-order valence-corrected chi connectivity index (χ4v) is 3.01. The van der Waals surface area contributed by atoms with Gasteiger partial charge in [-0.2, -0.15) is 5.26 Å². The molecule has 1 atom stereocenters. The van der Waals surface area contributed by atoms with E-state index < -0.39 is 0 Å². The molecule has 0 saturated carbocycles. The highest BCUT2D eigenvalue weighted by Gasteiger charge is 2.16. The summed E-state index contributed by atoms with van der Waals surface area (Å²) in [6.07, 6.45) is 1.87. The molecule has 3 rings (SSSR count). The summed E-state index contributed by atoms with van der Waals surface area (Å²) in [6.45, 7) is 3.74. The minimum absolute atomic E-state index is 0.00846. The Morgan fingerprint density at radius 2 is 2.08 bits per heavy atom. The van der Waals surface area contributed by atoms with Crippen molar-refractivity contribution < 1.29 is 4.79 Å². The Bertz CT molecular complexity index is 1010. The third kappa shape index (κ3) is 3.11. The smallest absolute Gasteiger partial charge is 0.244 e. The molecule has 0 saturated heterocycles. The van der Waals surface area contributed by atoms with Crippen molar-refractivity contribution in [3.8, 4) is 17.3 Å². The molecule has 0 fully saturated rings. The van der Waals surface area contributed by atoms with E-state index >= 15 is 0 Å². The van der Waals surface area contributed by atoms with Crippen LogP contribution in [0.25, 0.3) is 22.2 Å². The van der Waals surface area contributed by atoms with Crippen molar-refractivity contribution in [1.82, 2.24) is 14.9 Å². The molecule has 0 bridgehead atoms. The van der Waals surface area contributed by atoms with Gasteiger partial charge in [-0.1, -0.05) is 12.1 Å². The fourth-order valence-electron chi connectivity index (χ4n) is 3.01. The first-order valence-electron chi connectivity index (χ1n) is 8.38. The summed E-state index contributed by atoms with van der Waals surface area (Å²) < 4.78 is 0. The van der Waals surface area contributed by atoms with Crippen molar-refractivity contribution in [3.63, 3.8) is 0 Å². The number of likely N-dealkylation sites (N-methyl/N-ethyl adjacent to an activating group) is 1. The molecular formula is C20H21N5O. The van der Waals surface area contributed by atoms with Crippen LogP contribution in [0.3, 0.4) is 0 Å². The lowest BCUT2D eigenvalue weighted by molar-refractivity contribution is -0.129. The van der Waals surface area contributed by atoms with E-state index in [1.165, 1.54) is 0 Å². The zero-order valence-electron chi connectivity index (χ0n) is 15.3. The third-order valence-corrected chi connectivity index (χ3v) is 4.38. The number of carbonyl (C=O) groups is 1. The van der Waals surface area contributed by atoms with Gasteiger partial charge in [0.05, 0.1) is 28.2 Å². The van der Waals surface area contributed by atoms with E-state index in [0.717, 1.165) is 33.5 Å². The summed E-state index contributed by atoms with van der Waals surface area (Å²) in [5.41, 5.74) is 4.84. The van der Waals surface area contributed by atoms with Gasteiger partial charge in [0, 0.05) is 31.2 Å². The van der Waals surface area contributed by atoms with Gasteiger partial charge in [0.15, 0.2) is 0 Å². The van der Waals surface area contributed by atoms with Gasteiger partial charge < -0.3 is 15.2 Å². The Morgan fingerprint density at radius 3 is 2.73 bits per heavy atom. The van der Waals surface area contributed by atoms with Crippen molar-refractivity contribution in [2.75, 3.05) is 19.4 Å². The number of H-pyrrole nitrogens is 1. The predicted molar refractivity (Wildman–Crippen MR) is 103 cm³/mol. The number of nitrogens with one attached hydrogen (secondary N) is 2. The third-order valence-electron chi connectivity index (χ3n) is 4.38. The van der Waals surface area contributed by atoms with Crippen LogP contribution in [-0.4, -0.2) is 40.9 Å². The molecule has 0 aliphatic rings. The van der Waals surface area contributed by atoms with Crippen molar-refractivity contribution in [1.29, 1.82) is 5.26 Å². The summed E-state index contributed by atoms with van der Waals surface area (Å²) in [6, 6.07) is 11.4. The molecule has 1 unspecified atom stereocenters. The lowest BCUT2D eigenvalue weighted by Gasteiger charge is -2.20. The molecule has 26 heavy (non-hydrogen) atoms. The number of hydrogen-bond donors (Lipinski definition) is 2. The van der Waals surface area contributed by atoms with Gasteiger partial charge in [-0.25, -0.2) is 0 Å². The quantitative estimate of drug-likeness (QED) is 0.758. The van der Waals surface area contributed by atoms with E-state index in [2.05, 4.69) is 21.4 Å². The van der Waals surface area contributed by atoms with E-state index in [4.69, 9.17) is 0 Å². The lowest BCUT2D eigenvalue weighted by Crippen LogP contribution is -2.36. The first-order chi connectivity index (χ1) is 12.4. The molecule has 2 aromatic heterocycles. The number of nitriles is 1. The van der Waals surface area contributed by atoms with Gasteiger partial charge in [0.2, 0.25) is 5.91 Å². The number of nitrogens with zero attached hydrogens (tertiary/aromatic N) is 3. The molecule has 3 aromatic rings. The molecule has 0 aliphatic carbocycles. The number of amides is 1. The van der Waals surface area contributed by atoms with Crippen LogP contribution in [0, 0.1) is 18.3 Å². The Hall–Kier alpha value is -3.33. The highest BCUT2D eigenvalue weighted by molar-refractivity contribution is 5.97. The van der Waals surface area contributed by atoms with Gasteiger partial charge in [-0.15, -0.1) is 0 Å². The minimum Gasteiger partial charge on any atom is -0.372 e. The molecule has 2 heterocycles. The number of hydrogen-bond acceptors (Lipinski definition) is 4. The molecule has 2 N–H and O–H groups in total. The maximum atomic E-state index is 12.0. The van der Waals surface area contributed by atoms with Gasteiger partial charge in [-0.3, -0.25) is 9.78 Å². The molecule has 1 aromatic carbocycles. The monoisotopic (exact) mass is 347 g/mol. The maximum Gasteiger partial charge on any atom is 0.244 e. The van der Waals surface area contributed by atoms with E-state index in [0.29, 0.717) is 5.56 Å². The topological polar surface area (TPSA) is 84.8 Å². The second-order valence-electron chi connectivity index (χ2n) is 6.47. The number of aromatic amines is 1. The van der Waals surface area contributed by atoms with E-state index in [1.54, 1.807) is 25.1 Å². The molecule has 0 radical (unpaired) electrons. The van der Waals surface area contributed by atoms with Gasteiger partial charge in [0.1, 0.15) is 12.1 Å². The summed E-state index contributed by atoms with van der Waals surface area (Å²) >= 11 is 0. The van der Waals surface area contributed by atoms with Crippen molar-refractivity contribution in [3.05, 3.63) is 47.8 Å². The predicted octanol–water partition coefficient (Wildman–Crippen LogP) is 3.30. The van der Waals surface area contributed by atoms with Gasteiger partial charge in [-0.05, 0) is 32.0 Å². The highest BCUT2D eigenvalue weighted by atomic mass is 16.2. The van der Waals surface area contributed by atoms with Crippen LogP contribution in [0.4, 0.5) is 5.69 Å². The van der Waals surface area contributed by atoms with E-state index in [9.17, 15) is 10.1 Å². The van der Waals surface area contributed by atoms with Crippen molar-refractivity contribution in [2.45, 2.75) is 19.9 Å². The maximum absolute atomic E-state index is 12.0. The van der Waals surface area contributed by atoms with E-state index in [-0.39, 0.29) is 11.9 Å². The number of carbonyl (C=O) groups excluding carboxylic acids is 1. The van der Waals surface area contributed by atoms with Crippen LogP contribution in [0.1, 0.15) is 18.2 Å². The molecule has 6 heteroatoms. The summed E-state index contributed by atoms with van der Waals surface area (Å²) in [4.78, 5) is 21.5. The SMILES string of the molecule is Cc1nc(-c2c[nH]c3c(C#N)cccc23)ccc1NC(C)C(=O)N(C)C. The summed E-state index contributed by atoms with van der Waals surface area (Å²) in [7, 11) is 3.47. The average molecular weight is 347 g/mol. The summed E-state index contributed by atoms with van der Waals surface area (Å²) in [5.74, 6) is 0.00846. The number of anilines is 1. The molecule has 0 aliphatic heterocycles. The van der Waals surface area contributed by atoms with Crippen molar-refractivity contribution >= 4 is 22.5 Å².